The molecule has 23 heavy (non-hydrogen) atoms. The first-order chi connectivity index (χ1) is 10.8. The number of nitrogens with zero attached hydrogens (tertiary/aromatic N) is 1. The van der Waals surface area contributed by atoms with E-state index in [1.807, 2.05) is 0 Å². The van der Waals surface area contributed by atoms with Crippen LogP contribution in [-0.2, 0) is 4.79 Å². The molecule has 0 bridgehead atoms. The van der Waals surface area contributed by atoms with Gasteiger partial charge in [0.05, 0.1) is 5.92 Å². The molecule has 1 aliphatic rings. The van der Waals surface area contributed by atoms with Crippen LogP contribution in [0.25, 0.3) is 0 Å². The summed E-state index contributed by atoms with van der Waals surface area (Å²) in [5, 5.41) is 9.69. The molecule has 7 heteroatoms. The first-order valence-corrected chi connectivity index (χ1v) is 8.13. The molecule has 1 fully saturated rings. The van der Waals surface area contributed by atoms with Gasteiger partial charge in [0.2, 0.25) is 0 Å². The Morgan fingerprint density at radius 2 is 2.04 bits per heavy atom. The van der Waals surface area contributed by atoms with Gasteiger partial charge in [-0.05, 0) is 38.1 Å². The van der Waals surface area contributed by atoms with Gasteiger partial charge in [0.25, 0.3) is 0 Å². The van der Waals surface area contributed by atoms with Gasteiger partial charge in [0.15, 0.2) is 6.10 Å². The Labute approximate surface area is 140 Å². The third-order valence-corrected chi connectivity index (χ3v) is 4.94. The van der Waals surface area contributed by atoms with Gasteiger partial charge in [-0.2, -0.15) is 21.9 Å². The predicted molar refractivity (Wildman–Crippen MR) is 86.1 cm³/mol. The fourth-order valence-electron chi connectivity index (χ4n) is 3.07. The second-order valence-electron chi connectivity index (χ2n) is 6.03. The maximum Gasteiger partial charge on any atom is 0.521 e. The van der Waals surface area contributed by atoms with E-state index >= 15 is 0 Å². The van der Waals surface area contributed by atoms with Gasteiger partial charge in [-0.3, -0.25) is 0 Å². The minimum absolute atomic E-state index is 0.0603. The molecule has 5 nitrogen and oxygen atoms in total. The molecular weight excluding hydrogens is 321 g/mol. The van der Waals surface area contributed by atoms with E-state index in [4.69, 9.17) is 4.74 Å². The third-order valence-electron chi connectivity index (χ3n) is 4.39. The molecule has 1 aromatic carbocycles. The van der Waals surface area contributed by atoms with Crippen molar-refractivity contribution in [1.82, 2.24) is 0 Å². The molecule has 2 amide bonds. The van der Waals surface area contributed by atoms with Gasteiger partial charge in [0, 0.05) is 12.2 Å². The minimum atomic E-state index is -1.17. The number of halogens is 1. The van der Waals surface area contributed by atoms with Crippen molar-refractivity contribution in [3.05, 3.63) is 30.1 Å². The number of quaternary nitrogens is 1. The summed E-state index contributed by atoms with van der Waals surface area (Å²) in [7, 11) is 0. The summed E-state index contributed by atoms with van der Waals surface area (Å²) in [6.45, 7) is 3.48. The van der Waals surface area contributed by atoms with Gasteiger partial charge >= 0.3 is 12.0 Å². The molecule has 1 unspecified atom stereocenters. The Morgan fingerprint density at radius 1 is 1.43 bits per heavy atom. The van der Waals surface area contributed by atoms with Crippen LogP contribution in [0.4, 0.5) is 9.18 Å². The molecular formula is C16H21FNO4S+. The molecule has 1 heterocycles. The van der Waals surface area contributed by atoms with E-state index in [0.29, 0.717) is 17.9 Å². The first-order valence-electron chi connectivity index (χ1n) is 7.50. The minimum Gasteiger partial charge on any atom is -0.484 e. The Hall–Kier alpha value is -1.60. The molecule has 1 saturated heterocycles. The second-order valence-corrected chi connectivity index (χ2v) is 6.40. The number of hydrogen-bond donors (Lipinski definition) is 2. The highest BCUT2D eigenvalue weighted by Gasteiger charge is 2.58. The normalized spacial score (nSPS) is 28.3. The van der Waals surface area contributed by atoms with Crippen LogP contribution in [0.1, 0.15) is 20.3 Å². The zero-order valence-corrected chi connectivity index (χ0v) is 14.0. The summed E-state index contributed by atoms with van der Waals surface area (Å²) in [5.74, 6) is -0.427. The van der Waals surface area contributed by atoms with Crippen molar-refractivity contribution in [2.45, 2.75) is 32.4 Å². The van der Waals surface area contributed by atoms with Gasteiger partial charge in [-0.15, -0.1) is 0 Å². The van der Waals surface area contributed by atoms with E-state index in [1.165, 1.54) is 24.3 Å². The van der Waals surface area contributed by atoms with Gasteiger partial charge in [0.1, 0.15) is 24.2 Å². The van der Waals surface area contributed by atoms with Gasteiger partial charge in [-0.1, -0.05) is 0 Å². The largest absolute Gasteiger partial charge is 0.521 e. The predicted octanol–water partition coefficient (Wildman–Crippen LogP) is 2.95. The third kappa shape index (κ3) is 3.35. The van der Waals surface area contributed by atoms with Crippen molar-refractivity contribution < 1.29 is 28.3 Å². The average molecular weight is 342 g/mol. The second kappa shape index (κ2) is 6.88. The number of thiol groups is 1. The number of amides is 2. The topological polar surface area (TPSA) is 63.6 Å². The first kappa shape index (κ1) is 17.7. The van der Waals surface area contributed by atoms with Gasteiger partial charge in [-0.25, -0.2) is 9.18 Å². The molecule has 1 aliphatic heterocycles. The van der Waals surface area contributed by atoms with Crippen LogP contribution in [-0.4, -0.2) is 46.0 Å². The summed E-state index contributed by atoms with van der Waals surface area (Å²) >= 11 is 4.10. The Kier molecular flexibility index (Phi) is 5.31. The summed E-state index contributed by atoms with van der Waals surface area (Å²) in [6.07, 6.45) is -1.14. The lowest BCUT2D eigenvalue weighted by molar-refractivity contribution is -0.795. The fraction of sp³-hybridized carbons (Fsp3) is 0.500. The average Bonchev–Trinajstić information content (AvgIpc) is 2.85. The lowest BCUT2D eigenvalue weighted by Gasteiger charge is -2.31. The standard InChI is InChI=1S/C16H20FNO4S/c1-10(9-23)15(19)18(16(20)21)8-14(7-11(18)2)22-13-5-3-12(17)4-6-13/h3-6,10-11,14H,7-9H2,1-2H3,(H-,20,21,23)/p+1/t10?,11-,14-,18-/m1/s1. The number of carboxylic acid groups (broad SMARTS) is 1. The molecule has 4 atom stereocenters. The zero-order chi connectivity index (χ0) is 17.2. The smallest absolute Gasteiger partial charge is 0.484 e. The number of imide groups is 1. The summed E-state index contributed by atoms with van der Waals surface area (Å²) < 4.78 is 18.0. The number of benzene rings is 1. The molecule has 1 N–H and O–H groups in total. The van der Waals surface area contributed by atoms with E-state index in [-0.39, 0.29) is 18.3 Å². The van der Waals surface area contributed by atoms with Gasteiger partial charge < -0.3 is 9.84 Å². The van der Waals surface area contributed by atoms with Crippen molar-refractivity contribution in [3.63, 3.8) is 0 Å². The molecule has 0 spiro atoms. The van der Waals surface area contributed by atoms with Crippen LogP contribution in [0.2, 0.25) is 0 Å². The SMILES string of the molecule is CC(CS)C(=O)[N@@+]1(C(=O)O)C[C@H](Oc2ccc(F)cc2)C[C@H]1C. The molecule has 0 radical (unpaired) electrons. The van der Waals surface area contributed by atoms with E-state index in [1.54, 1.807) is 13.8 Å². The van der Waals surface area contributed by atoms with Crippen LogP contribution in [0, 0.1) is 11.7 Å². The molecule has 0 saturated carbocycles. The van der Waals surface area contributed by atoms with E-state index < -0.39 is 28.6 Å². The van der Waals surface area contributed by atoms with E-state index in [2.05, 4.69) is 12.6 Å². The number of likely N-dealkylation sites (tertiary alicyclic amines) is 1. The number of carbonyl (C=O) groups is 2. The van der Waals surface area contributed by atoms with Crippen molar-refractivity contribution in [3.8, 4) is 5.75 Å². The lowest BCUT2D eigenvalue weighted by Crippen LogP contribution is -2.61. The maximum atomic E-state index is 12.9. The number of rotatable bonds is 4. The lowest BCUT2D eigenvalue weighted by atomic mass is 10.1. The van der Waals surface area contributed by atoms with Crippen LogP contribution >= 0.6 is 12.6 Å². The van der Waals surface area contributed by atoms with Crippen molar-refractivity contribution in [2.75, 3.05) is 12.3 Å². The van der Waals surface area contributed by atoms with E-state index in [9.17, 15) is 19.1 Å². The highest BCUT2D eigenvalue weighted by atomic mass is 32.1. The van der Waals surface area contributed by atoms with E-state index in [0.717, 1.165) is 0 Å². The van der Waals surface area contributed by atoms with Crippen molar-refractivity contribution >= 4 is 24.6 Å². The Morgan fingerprint density at radius 3 is 2.57 bits per heavy atom. The maximum absolute atomic E-state index is 12.9. The highest BCUT2D eigenvalue weighted by Crippen LogP contribution is 2.33. The Balaban J connectivity index is 2.21. The number of hydrogen-bond acceptors (Lipinski definition) is 4. The highest BCUT2D eigenvalue weighted by molar-refractivity contribution is 7.80. The van der Waals surface area contributed by atoms with Crippen LogP contribution in [0.5, 0.6) is 5.75 Å². The molecule has 0 aromatic heterocycles. The summed E-state index contributed by atoms with van der Waals surface area (Å²) in [4.78, 5) is 24.5. The molecule has 126 valence electrons. The molecule has 0 aliphatic carbocycles. The van der Waals surface area contributed by atoms with Crippen molar-refractivity contribution in [1.29, 1.82) is 0 Å². The fourth-order valence-corrected chi connectivity index (χ4v) is 3.22. The monoisotopic (exact) mass is 342 g/mol. The van der Waals surface area contributed by atoms with Crippen LogP contribution < -0.4 is 4.74 Å². The quantitative estimate of drug-likeness (QED) is 0.652. The number of carbonyl (C=O) groups excluding carboxylic acids is 1. The summed E-state index contributed by atoms with van der Waals surface area (Å²) in [5.41, 5.74) is 0. The van der Waals surface area contributed by atoms with Crippen LogP contribution in [0.3, 0.4) is 0 Å². The van der Waals surface area contributed by atoms with Crippen LogP contribution in [0.15, 0.2) is 24.3 Å². The molecule has 1 aromatic rings. The summed E-state index contributed by atoms with van der Waals surface area (Å²) in [6, 6.07) is 5.15. The molecule has 2 rings (SSSR count). The zero-order valence-electron chi connectivity index (χ0n) is 13.1. The van der Waals surface area contributed by atoms with Crippen molar-refractivity contribution in [2.24, 2.45) is 5.92 Å². The Bertz CT molecular complexity index is 594. The number of ether oxygens (including phenoxy) is 1.